The molecule has 2 rings (SSSR count). The highest BCUT2D eigenvalue weighted by molar-refractivity contribution is 5.93. The first-order valence-corrected chi connectivity index (χ1v) is 5.53. The number of hydrogen-bond acceptors (Lipinski definition) is 2. The van der Waals surface area contributed by atoms with Crippen molar-refractivity contribution in [3.05, 3.63) is 29.3 Å². The molecule has 17 heavy (non-hydrogen) atoms. The maximum absolute atomic E-state index is 11.2. The van der Waals surface area contributed by atoms with Crippen molar-refractivity contribution < 1.29 is 14.7 Å². The minimum absolute atomic E-state index is 0.0401. The summed E-state index contributed by atoms with van der Waals surface area (Å²) in [5.74, 6) is 0.0401. The molecular formula is C12H14N2O3. The maximum atomic E-state index is 11.2. The zero-order valence-electron chi connectivity index (χ0n) is 9.32. The highest BCUT2D eigenvalue weighted by Crippen LogP contribution is 2.23. The van der Waals surface area contributed by atoms with Crippen LogP contribution in [0, 0.1) is 0 Å². The van der Waals surface area contributed by atoms with Gasteiger partial charge >= 0.3 is 6.09 Å². The smallest absolute Gasteiger partial charge is 0.404 e. The van der Waals surface area contributed by atoms with Gasteiger partial charge < -0.3 is 15.7 Å². The summed E-state index contributed by atoms with van der Waals surface area (Å²) < 4.78 is 0. The van der Waals surface area contributed by atoms with Gasteiger partial charge in [0.2, 0.25) is 5.91 Å². The molecule has 0 aromatic heterocycles. The number of hydrogen-bond donors (Lipinski definition) is 3. The third kappa shape index (κ3) is 2.96. The third-order valence-corrected chi connectivity index (χ3v) is 2.76. The van der Waals surface area contributed by atoms with E-state index in [2.05, 4.69) is 10.6 Å². The van der Waals surface area contributed by atoms with Gasteiger partial charge in [-0.3, -0.25) is 4.79 Å². The van der Waals surface area contributed by atoms with Crippen LogP contribution in [0.2, 0.25) is 0 Å². The molecule has 0 saturated heterocycles. The number of carbonyl (C=O) groups is 2. The number of nitrogens with one attached hydrogen (secondary N) is 2. The molecule has 0 radical (unpaired) electrons. The van der Waals surface area contributed by atoms with Crippen molar-refractivity contribution in [3.8, 4) is 0 Å². The number of amides is 2. The number of carboxylic acid groups (broad SMARTS) is 1. The molecule has 0 aliphatic carbocycles. The summed E-state index contributed by atoms with van der Waals surface area (Å²) in [5.41, 5.74) is 3.01. The van der Waals surface area contributed by atoms with Gasteiger partial charge in [0, 0.05) is 18.7 Å². The van der Waals surface area contributed by atoms with Crippen LogP contribution in [0.4, 0.5) is 10.5 Å². The predicted molar refractivity (Wildman–Crippen MR) is 63.1 cm³/mol. The van der Waals surface area contributed by atoms with E-state index in [0.717, 1.165) is 23.2 Å². The Morgan fingerprint density at radius 2 is 2.24 bits per heavy atom. The molecule has 0 bridgehead atoms. The van der Waals surface area contributed by atoms with E-state index >= 15 is 0 Å². The third-order valence-electron chi connectivity index (χ3n) is 2.76. The number of carbonyl (C=O) groups excluding carboxylic acids is 1. The van der Waals surface area contributed by atoms with E-state index in [0.29, 0.717) is 19.4 Å². The molecule has 3 N–H and O–H groups in total. The van der Waals surface area contributed by atoms with Crippen LogP contribution >= 0.6 is 0 Å². The topological polar surface area (TPSA) is 78.4 Å². The van der Waals surface area contributed by atoms with Crippen molar-refractivity contribution in [1.29, 1.82) is 0 Å². The van der Waals surface area contributed by atoms with Crippen molar-refractivity contribution in [2.24, 2.45) is 0 Å². The van der Waals surface area contributed by atoms with Gasteiger partial charge in [0.1, 0.15) is 0 Å². The van der Waals surface area contributed by atoms with Crippen LogP contribution in [0.5, 0.6) is 0 Å². The Morgan fingerprint density at radius 3 is 3.00 bits per heavy atom. The maximum Gasteiger partial charge on any atom is 0.404 e. The second kappa shape index (κ2) is 4.86. The molecule has 0 spiro atoms. The zero-order chi connectivity index (χ0) is 12.3. The average Bonchev–Trinajstić information content (AvgIpc) is 2.28. The SMILES string of the molecule is O=C(O)NCCc1ccc2c(c1)NC(=O)CC2. The van der Waals surface area contributed by atoms with Crippen LogP contribution in [0.25, 0.3) is 0 Å². The Hall–Kier alpha value is -2.04. The first-order chi connectivity index (χ1) is 8.15. The summed E-state index contributed by atoms with van der Waals surface area (Å²) in [6, 6.07) is 5.88. The largest absolute Gasteiger partial charge is 0.465 e. The first-order valence-electron chi connectivity index (χ1n) is 5.53. The molecule has 5 heteroatoms. The lowest BCUT2D eigenvalue weighted by molar-refractivity contribution is -0.116. The summed E-state index contributed by atoms with van der Waals surface area (Å²) in [6.45, 7) is 0.377. The minimum Gasteiger partial charge on any atom is -0.465 e. The summed E-state index contributed by atoms with van der Waals surface area (Å²) in [5, 5.41) is 13.6. The lowest BCUT2D eigenvalue weighted by Crippen LogP contribution is -2.23. The second-order valence-corrected chi connectivity index (χ2v) is 4.02. The van der Waals surface area contributed by atoms with Crippen molar-refractivity contribution in [1.82, 2.24) is 5.32 Å². The van der Waals surface area contributed by atoms with Crippen LogP contribution in [0.15, 0.2) is 18.2 Å². The summed E-state index contributed by atoms with van der Waals surface area (Å²) >= 11 is 0. The van der Waals surface area contributed by atoms with E-state index in [9.17, 15) is 9.59 Å². The summed E-state index contributed by atoms with van der Waals surface area (Å²) in [6.07, 6.45) is 0.910. The second-order valence-electron chi connectivity index (χ2n) is 4.02. The van der Waals surface area contributed by atoms with Gasteiger partial charge in [-0.25, -0.2) is 4.79 Å². The number of benzene rings is 1. The van der Waals surface area contributed by atoms with Crippen LogP contribution in [-0.4, -0.2) is 23.7 Å². The Labute approximate surface area is 98.8 Å². The van der Waals surface area contributed by atoms with E-state index in [1.165, 1.54) is 0 Å². The zero-order valence-corrected chi connectivity index (χ0v) is 9.32. The average molecular weight is 234 g/mol. The summed E-state index contributed by atoms with van der Waals surface area (Å²) in [4.78, 5) is 21.5. The number of fused-ring (bicyclic) bond motifs is 1. The van der Waals surface area contributed by atoms with Gasteiger partial charge in [0.25, 0.3) is 0 Å². The van der Waals surface area contributed by atoms with Crippen molar-refractivity contribution in [2.75, 3.05) is 11.9 Å². The monoisotopic (exact) mass is 234 g/mol. The van der Waals surface area contributed by atoms with Crippen molar-refractivity contribution in [3.63, 3.8) is 0 Å². The van der Waals surface area contributed by atoms with Crippen molar-refractivity contribution >= 4 is 17.7 Å². The number of rotatable bonds is 3. The van der Waals surface area contributed by atoms with Crippen LogP contribution in [-0.2, 0) is 17.6 Å². The van der Waals surface area contributed by atoms with E-state index in [1.54, 1.807) is 0 Å². The fraction of sp³-hybridized carbons (Fsp3) is 0.333. The number of aryl methyl sites for hydroxylation is 1. The van der Waals surface area contributed by atoms with E-state index in [1.807, 2.05) is 18.2 Å². The van der Waals surface area contributed by atoms with Gasteiger partial charge in [0.15, 0.2) is 0 Å². The van der Waals surface area contributed by atoms with Gasteiger partial charge in [-0.2, -0.15) is 0 Å². The van der Waals surface area contributed by atoms with Gasteiger partial charge in [0.05, 0.1) is 0 Å². The predicted octanol–water partition coefficient (Wildman–Crippen LogP) is 1.38. The molecule has 0 fully saturated rings. The van der Waals surface area contributed by atoms with Gasteiger partial charge in [-0.05, 0) is 30.0 Å². The van der Waals surface area contributed by atoms with Crippen molar-refractivity contribution in [2.45, 2.75) is 19.3 Å². The Bertz CT molecular complexity index is 457. The first kappa shape index (κ1) is 11.4. The van der Waals surface area contributed by atoms with Crippen LogP contribution < -0.4 is 10.6 Å². The van der Waals surface area contributed by atoms with Gasteiger partial charge in [-0.15, -0.1) is 0 Å². The Morgan fingerprint density at radius 1 is 1.41 bits per heavy atom. The van der Waals surface area contributed by atoms with Gasteiger partial charge in [-0.1, -0.05) is 12.1 Å². The molecule has 1 aromatic rings. The molecule has 1 aliphatic rings. The molecular weight excluding hydrogens is 220 g/mol. The van der Waals surface area contributed by atoms with E-state index in [-0.39, 0.29) is 5.91 Å². The fourth-order valence-corrected chi connectivity index (χ4v) is 1.89. The normalized spacial score (nSPS) is 13.8. The molecule has 2 amide bonds. The molecule has 1 aliphatic heterocycles. The van der Waals surface area contributed by atoms with Crippen LogP contribution in [0.1, 0.15) is 17.5 Å². The molecule has 90 valence electrons. The molecule has 0 saturated carbocycles. The molecule has 1 heterocycles. The summed E-state index contributed by atoms with van der Waals surface area (Å²) in [7, 11) is 0. The Balaban J connectivity index is 2.02. The lowest BCUT2D eigenvalue weighted by Gasteiger charge is -2.17. The van der Waals surface area contributed by atoms with E-state index < -0.39 is 6.09 Å². The molecule has 5 nitrogen and oxygen atoms in total. The standard InChI is InChI=1S/C12H14N2O3/c15-11-4-3-9-2-1-8(7-10(9)14-11)5-6-13-12(16)17/h1-2,7,13H,3-6H2,(H,14,15)(H,16,17). The lowest BCUT2D eigenvalue weighted by atomic mass is 10.00. The highest BCUT2D eigenvalue weighted by Gasteiger charge is 2.14. The fourth-order valence-electron chi connectivity index (χ4n) is 1.89. The van der Waals surface area contributed by atoms with Crippen LogP contribution in [0.3, 0.4) is 0 Å². The molecule has 0 atom stereocenters. The minimum atomic E-state index is -1.02. The Kier molecular flexibility index (Phi) is 3.27. The quantitative estimate of drug-likeness (QED) is 0.739. The molecule has 0 unspecified atom stereocenters. The number of anilines is 1. The van der Waals surface area contributed by atoms with E-state index in [4.69, 9.17) is 5.11 Å². The molecule has 1 aromatic carbocycles. The highest BCUT2D eigenvalue weighted by atomic mass is 16.4.